The van der Waals surface area contributed by atoms with Gasteiger partial charge in [0.15, 0.2) is 0 Å². The van der Waals surface area contributed by atoms with E-state index in [9.17, 15) is 0 Å². The minimum atomic E-state index is -0.708. The Balaban J connectivity index is -0.0000000150. The topological polar surface area (TPSA) is 60.7 Å². The van der Waals surface area contributed by atoms with Gasteiger partial charge in [-0.05, 0) is 0 Å². The van der Waals surface area contributed by atoms with E-state index < -0.39 is 5.41 Å². The maximum atomic E-state index is 8.47. The lowest BCUT2D eigenvalue weighted by molar-refractivity contribution is 0.0200. The van der Waals surface area contributed by atoms with Crippen molar-refractivity contribution < 1.29 is 15.3 Å². The highest BCUT2D eigenvalue weighted by molar-refractivity contribution is 4.69. The van der Waals surface area contributed by atoms with Crippen LogP contribution in [0.25, 0.3) is 0 Å². The molecule has 0 unspecified atom stereocenters. The SMILES string of the molecule is C.C.C.C=C.C=C.C=C.C=C.C=C=C.CC(CO)(CO)CO. The number of aliphatic hydroxyl groups excluding tert-OH is 3. The van der Waals surface area contributed by atoms with Crippen LogP contribution in [-0.2, 0) is 0 Å². The molecule has 3 N–H and O–H groups in total. The smallest absolute Gasteiger partial charge is 0.0528 e. The number of hydrogen-bond acceptors (Lipinski definition) is 3. The summed E-state index contributed by atoms with van der Waals surface area (Å²) in [6.07, 6.45) is 0. The van der Waals surface area contributed by atoms with Gasteiger partial charge >= 0.3 is 0 Å². The quantitative estimate of drug-likeness (QED) is 0.504. The number of rotatable bonds is 3. The molecule has 0 radical (unpaired) electrons. The van der Waals surface area contributed by atoms with E-state index in [2.05, 4.69) is 71.5 Å². The predicted octanol–water partition coefficient (Wildman–Crippen LogP) is 5.04. The third-order valence-corrected chi connectivity index (χ3v) is 1.15. The first-order chi connectivity index (χ1) is 9.10. The zero-order valence-electron chi connectivity index (χ0n) is 12.5. The van der Waals surface area contributed by atoms with Gasteiger partial charge in [0.2, 0.25) is 0 Å². The first-order valence-corrected chi connectivity index (χ1v) is 5.22. The summed E-state index contributed by atoms with van der Waals surface area (Å²) in [6, 6.07) is 0. The maximum Gasteiger partial charge on any atom is 0.0528 e. The maximum absolute atomic E-state index is 8.47. The summed E-state index contributed by atoms with van der Waals surface area (Å²) in [5.41, 5.74) is 1.54. The molecule has 0 bridgehead atoms. The molecule has 0 aliphatic rings. The third kappa shape index (κ3) is 102. The van der Waals surface area contributed by atoms with Crippen LogP contribution < -0.4 is 0 Å². The largest absolute Gasteiger partial charge is 0.396 e. The lowest BCUT2D eigenvalue weighted by Gasteiger charge is -2.20. The molecule has 3 nitrogen and oxygen atoms in total. The van der Waals surface area contributed by atoms with Crippen molar-refractivity contribution in [3.63, 3.8) is 0 Å². The van der Waals surface area contributed by atoms with Gasteiger partial charge in [-0.15, -0.1) is 58.4 Å². The standard InChI is InChI=1S/C5H12O3.C3H4.4C2H4.3CH4/c1-5(2-6,3-7)4-8;1-3-2;4*1-2;;;/h6-8H,2-4H2,1H3;1-2H2;4*1-2H2;3*1H4. The highest BCUT2D eigenvalue weighted by Gasteiger charge is 2.20. The molecule has 0 atom stereocenters. The van der Waals surface area contributed by atoms with Crippen molar-refractivity contribution in [1.82, 2.24) is 0 Å². The molecule has 0 aromatic carbocycles. The molecule has 0 aliphatic carbocycles. The molecule has 0 amide bonds. The predicted molar refractivity (Wildman–Crippen MR) is 109 cm³/mol. The minimum Gasteiger partial charge on any atom is -0.396 e. The Bertz CT molecular complexity index is 142. The highest BCUT2D eigenvalue weighted by Crippen LogP contribution is 2.10. The summed E-state index contributed by atoms with van der Waals surface area (Å²) in [6.45, 7) is 31.3. The van der Waals surface area contributed by atoms with E-state index in [0.29, 0.717) is 0 Å². The van der Waals surface area contributed by atoms with Crippen molar-refractivity contribution in [3.8, 4) is 0 Å². The minimum absolute atomic E-state index is 0. The van der Waals surface area contributed by atoms with Crippen LogP contribution in [0.5, 0.6) is 0 Å². The van der Waals surface area contributed by atoms with Crippen LogP contribution >= 0.6 is 0 Å². The molecule has 0 saturated heterocycles. The van der Waals surface area contributed by atoms with Crippen LogP contribution in [-0.4, -0.2) is 35.1 Å². The number of hydrogen-bond donors (Lipinski definition) is 3. The Morgan fingerprint density at radius 2 is 0.727 bits per heavy atom. The molecule has 0 rings (SSSR count). The van der Waals surface area contributed by atoms with Gasteiger partial charge in [0.05, 0.1) is 19.8 Å². The fourth-order valence-corrected chi connectivity index (χ4v) is 0.150. The molecule has 22 heavy (non-hydrogen) atoms. The van der Waals surface area contributed by atoms with Gasteiger partial charge in [0, 0.05) is 5.41 Å². The first-order valence-electron chi connectivity index (χ1n) is 5.22. The molecule has 0 heterocycles. The van der Waals surface area contributed by atoms with E-state index in [1.165, 1.54) is 0 Å². The van der Waals surface area contributed by atoms with E-state index in [4.69, 9.17) is 15.3 Å². The van der Waals surface area contributed by atoms with Crippen LogP contribution in [0.4, 0.5) is 0 Å². The van der Waals surface area contributed by atoms with E-state index >= 15 is 0 Å². The Labute approximate surface area is 142 Å². The van der Waals surface area contributed by atoms with Crippen LogP contribution in [0.15, 0.2) is 71.5 Å². The second kappa shape index (κ2) is 93.4. The fourth-order valence-electron chi connectivity index (χ4n) is 0.150. The van der Waals surface area contributed by atoms with Crippen molar-refractivity contribution in [1.29, 1.82) is 0 Å². The van der Waals surface area contributed by atoms with Gasteiger partial charge in [0.25, 0.3) is 0 Å². The summed E-state index contributed by atoms with van der Waals surface area (Å²) in [5.74, 6) is 0. The van der Waals surface area contributed by atoms with Gasteiger partial charge < -0.3 is 15.3 Å². The molecular formula is C19H44O3. The van der Waals surface area contributed by atoms with Gasteiger partial charge in [-0.2, -0.15) is 0 Å². The van der Waals surface area contributed by atoms with E-state index in [1.807, 2.05) is 0 Å². The molecule has 0 aliphatic heterocycles. The van der Waals surface area contributed by atoms with Crippen molar-refractivity contribution in [3.05, 3.63) is 71.5 Å². The summed E-state index contributed by atoms with van der Waals surface area (Å²) < 4.78 is 0. The molecular weight excluding hydrogens is 276 g/mol. The van der Waals surface area contributed by atoms with Crippen molar-refractivity contribution >= 4 is 0 Å². The average Bonchev–Trinajstić information content (AvgIpc) is 2.55. The number of aliphatic hydroxyl groups is 3. The summed E-state index contributed by atoms with van der Waals surface area (Å²) >= 11 is 0. The second-order valence-corrected chi connectivity index (χ2v) is 2.54. The van der Waals surface area contributed by atoms with Crippen LogP contribution in [0.1, 0.15) is 29.2 Å². The second-order valence-electron chi connectivity index (χ2n) is 2.54. The van der Waals surface area contributed by atoms with Crippen LogP contribution in [0.2, 0.25) is 0 Å². The Morgan fingerprint density at radius 1 is 0.636 bits per heavy atom. The van der Waals surface area contributed by atoms with Crippen molar-refractivity contribution in [2.75, 3.05) is 19.8 Å². The summed E-state index contributed by atoms with van der Waals surface area (Å²) in [5, 5.41) is 25.4. The summed E-state index contributed by atoms with van der Waals surface area (Å²) in [4.78, 5) is 0. The molecule has 3 heteroatoms. The van der Waals surface area contributed by atoms with E-state index in [1.54, 1.807) is 6.92 Å². The molecule has 138 valence electrons. The molecule has 0 fully saturated rings. The van der Waals surface area contributed by atoms with Crippen LogP contribution in [0, 0.1) is 5.41 Å². The molecule has 0 spiro atoms. The first kappa shape index (κ1) is 59.1. The third-order valence-electron chi connectivity index (χ3n) is 1.15. The Morgan fingerprint density at radius 3 is 0.727 bits per heavy atom. The van der Waals surface area contributed by atoms with E-state index in [-0.39, 0.29) is 42.1 Å². The zero-order chi connectivity index (χ0) is 17.3. The molecule has 0 aromatic rings. The Kier molecular flexibility index (Phi) is 251. The van der Waals surface area contributed by atoms with Gasteiger partial charge in [-0.1, -0.05) is 42.4 Å². The van der Waals surface area contributed by atoms with Crippen molar-refractivity contribution in [2.45, 2.75) is 29.2 Å². The Hall–Kier alpha value is -1.64. The van der Waals surface area contributed by atoms with Gasteiger partial charge in [-0.25, -0.2) is 0 Å². The lowest BCUT2D eigenvalue weighted by atomic mass is 9.95. The van der Waals surface area contributed by atoms with Crippen LogP contribution in [0.3, 0.4) is 0 Å². The molecule has 0 saturated carbocycles. The highest BCUT2D eigenvalue weighted by atomic mass is 16.3. The average molecular weight is 321 g/mol. The van der Waals surface area contributed by atoms with Gasteiger partial charge in [-0.3, -0.25) is 0 Å². The van der Waals surface area contributed by atoms with E-state index in [0.717, 1.165) is 0 Å². The molecule has 0 aromatic heterocycles. The zero-order valence-corrected chi connectivity index (χ0v) is 12.5. The monoisotopic (exact) mass is 320 g/mol. The fraction of sp³-hybridized carbons (Fsp3) is 0.421. The summed E-state index contributed by atoms with van der Waals surface area (Å²) in [7, 11) is 0. The van der Waals surface area contributed by atoms with Crippen molar-refractivity contribution in [2.24, 2.45) is 5.41 Å². The van der Waals surface area contributed by atoms with Gasteiger partial charge in [0.1, 0.15) is 0 Å². The lowest BCUT2D eigenvalue weighted by Crippen LogP contribution is -2.29. The normalized spacial score (nSPS) is 5.45.